The van der Waals surface area contributed by atoms with E-state index >= 15 is 0 Å². The van der Waals surface area contributed by atoms with Crippen LogP contribution in [0.3, 0.4) is 0 Å². The van der Waals surface area contributed by atoms with Crippen LogP contribution in [-0.4, -0.2) is 17.6 Å². The predicted molar refractivity (Wildman–Crippen MR) is 58.8 cm³/mol. The number of oxime groups is 1. The lowest BCUT2D eigenvalue weighted by molar-refractivity contribution is 0.316. The SMILES string of the molecule is C[C@@H](NCC/C(N)=N/O)c1cccs1. The van der Waals surface area contributed by atoms with Gasteiger partial charge in [-0.3, -0.25) is 0 Å². The molecule has 4 nitrogen and oxygen atoms in total. The van der Waals surface area contributed by atoms with Crippen molar-refractivity contribution in [3.63, 3.8) is 0 Å². The Hall–Kier alpha value is -1.07. The van der Waals surface area contributed by atoms with Gasteiger partial charge in [0.2, 0.25) is 0 Å². The molecule has 78 valence electrons. The lowest BCUT2D eigenvalue weighted by Gasteiger charge is -2.10. The van der Waals surface area contributed by atoms with Crippen LogP contribution < -0.4 is 11.1 Å². The molecule has 1 rings (SSSR count). The highest BCUT2D eigenvalue weighted by Crippen LogP contribution is 2.17. The van der Waals surface area contributed by atoms with E-state index in [-0.39, 0.29) is 5.84 Å². The fourth-order valence-corrected chi connectivity index (χ4v) is 1.86. The Morgan fingerprint density at radius 3 is 3.14 bits per heavy atom. The van der Waals surface area contributed by atoms with Crippen molar-refractivity contribution in [1.82, 2.24) is 5.32 Å². The number of nitrogens with two attached hydrogens (primary N) is 1. The van der Waals surface area contributed by atoms with Crippen LogP contribution in [0.4, 0.5) is 0 Å². The summed E-state index contributed by atoms with van der Waals surface area (Å²) in [6, 6.07) is 4.44. The minimum Gasteiger partial charge on any atom is -0.409 e. The number of amidine groups is 1. The Labute approximate surface area is 87.4 Å². The number of rotatable bonds is 5. The highest BCUT2D eigenvalue weighted by atomic mass is 32.1. The van der Waals surface area contributed by atoms with E-state index in [1.54, 1.807) is 11.3 Å². The van der Waals surface area contributed by atoms with Crippen molar-refractivity contribution in [1.29, 1.82) is 0 Å². The molecule has 0 radical (unpaired) electrons. The van der Waals surface area contributed by atoms with Gasteiger partial charge in [0.05, 0.1) is 0 Å². The van der Waals surface area contributed by atoms with E-state index in [2.05, 4.69) is 28.8 Å². The predicted octanol–water partition coefficient (Wildman–Crippen LogP) is 1.54. The molecular weight excluding hydrogens is 198 g/mol. The molecule has 1 aromatic heterocycles. The standard InChI is InChI=1S/C9H15N3OS/c1-7(8-3-2-6-14-8)11-5-4-9(10)12-13/h2-3,6-7,11,13H,4-5H2,1H3,(H2,10,12)/t7-/m1/s1. The van der Waals surface area contributed by atoms with Crippen LogP contribution in [-0.2, 0) is 0 Å². The normalized spacial score (nSPS) is 14.2. The van der Waals surface area contributed by atoms with Gasteiger partial charge in [-0.2, -0.15) is 0 Å². The molecular formula is C9H15N3OS. The average Bonchev–Trinajstić information content (AvgIpc) is 2.70. The van der Waals surface area contributed by atoms with Gasteiger partial charge in [0.1, 0.15) is 5.84 Å². The fourth-order valence-electron chi connectivity index (χ4n) is 1.10. The van der Waals surface area contributed by atoms with Crippen LogP contribution in [0.1, 0.15) is 24.3 Å². The van der Waals surface area contributed by atoms with Crippen LogP contribution in [0.25, 0.3) is 0 Å². The van der Waals surface area contributed by atoms with E-state index in [0.717, 1.165) is 6.54 Å². The molecule has 0 unspecified atom stereocenters. The molecule has 1 aromatic rings. The summed E-state index contributed by atoms with van der Waals surface area (Å²) in [4.78, 5) is 1.30. The first-order chi connectivity index (χ1) is 6.74. The van der Waals surface area contributed by atoms with Gasteiger partial charge in [0.15, 0.2) is 0 Å². The molecule has 0 fully saturated rings. The van der Waals surface area contributed by atoms with Crippen molar-refractivity contribution in [2.45, 2.75) is 19.4 Å². The van der Waals surface area contributed by atoms with Gasteiger partial charge in [0, 0.05) is 23.9 Å². The molecule has 0 spiro atoms. The maximum absolute atomic E-state index is 8.32. The second kappa shape index (κ2) is 5.62. The van der Waals surface area contributed by atoms with Gasteiger partial charge < -0.3 is 16.3 Å². The van der Waals surface area contributed by atoms with E-state index < -0.39 is 0 Å². The van der Waals surface area contributed by atoms with Gasteiger partial charge in [0.25, 0.3) is 0 Å². The van der Waals surface area contributed by atoms with Gasteiger partial charge >= 0.3 is 0 Å². The summed E-state index contributed by atoms with van der Waals surface area (Å²) in [5.41, 5.74) is 5.34. The molecule has 0 aliphatic heterocycles. The third kappa shape index (κ3) is 3.35. The molecule has 0 aliphatic rings. The molecule has 0 saturated heterocycles. The monoisotopic (exact) mass is 213 g/mol. The maximum Gasteiger partial charge on any atom is 0.140 e. The molecule has 1 heterocycles. The van der Waals surface area contributed by atoms with Crippen LogP contribution in [0.2, 0.25) is 0 Å². The first-order valence-corrected chi connectivity index (χ1v) is 5.35. The number of hydrogen-bond donors (Lipinski definition) is 3. The third-order valence-corrected chi connectivity index (χ3v) is 2.99. The zero-order chi connectivity index (χ0) is 10.4. The van der Waals surface area contributed by atoms with Crippen molar-refractivity contribution in [2.75, 3.05) is 6.54 Å². The van der Waals surface area contributed by atoms with Gasteiger partial charge in [-0.15, -0.1) is 11.3 Å². The second-order valence-corrected chi connectivity index (χ2v) is 4.01. The topological polar surface area (TPSA) is 70.6 Å². The summed E-state index contributed by atoms with van der Waals surface area (Å²) < 4.78 is 0. The molecule has 0 saturated carbocycles. The quantitative estimate of drug-likeness (QED) is 0.301. The first kappa shape index (κ1) is 11.0. The number of hydrogen-bond acceptors (Lipinski definition) is 4. The van der Waals surface area contributed by atoms with Crippen molar-refractivity contribution < 1.29 is 5.21 Å². The van der Waals surface area contributed by atoms with E-state index in [0.29, 0.717) is 12.5 Å². The van der Waals surface area contributed by atoms with E-state index in [1.807, 2.05) is 6.07 Å². The first-order valence-electron chi connectivity index (χ1n) is 4.47. The highest BCUT2D eigenvalue weighted by molar-refractivity contribution is 7.10. The molecule has 14 heavy (non-hydrogen) atoms. The zero-order valence-corrected chi connectivity index (χ0v) is 8.92. The van der Waals surface area contributed by atoms with Crippen LogP contribution >= 0.6 is 11.3 Å². The average molecular weight is 213 g/mol. The van der Waals surface area contributed by atoms with Crippen molar-refractivity contribution >= 4 is 17.2 Å². The maximum atomic E-state index is 8.32. The van der Waals surface area contributed by atoms with Crippen LogP contribution in [0.5, 0.6) is 0 Å². The highest BCUT2D eigenvalue weighted by Gasteiger charge is 2.04. The minimum atomic E-state index is 0.260. The summed E-state index contributed by atoms with van der Waals surface area (Å²) >= 11 is 1.72. The lowest BCUT2D eigenvalue weighted by atomic mass is 10.2. The van der Waals surface area contributed by atoms with Crippen molar-refractivity contribution in [2.24, 2.45) is 10.9 Å². The lowest BCUT2D eigenvalue weighted by Crippen LogP contribution is -2.24. The molecule has 1 atom stereocenters. The Morgan fingerprint density at radius 1 is 1.79 bits per heavy atom. The molecule has 0 bridgehead atoms. The molecule has 0 aliphatic carbocycles. The molecule has 5 heteroatoms. The third-order valence-electron chi connectivity index (χ3n) is 1.93. The van der Waals surface area contributed by atoms with Crippen LogP contribution in [0, 0.1) is 0 Å². The fraction of sp³-hybridized carbons (Fsp3) is 0.444. The van der Waals surface area contributed by atoms with E-state index in [1.165, 1.54) is 4.88 Å². The van der Waals surface area contributed by atoms with Crippen molar-refractivity contribution in [3.8, 4) is 0 Å². The molecule has 0 aromatic carbocycles. The molecule has 4 N–H and O–H groups in total. The smallest absolute Gasteiger partial charge is 0.140 e. The van der Waals surface area contributed by atoms with Gasteiger partial charge in [-0.25, -0.2) is 0 Å². The summed E-state index contributed by atoms with van der Waals surface area (Å²) in [7, 11) is 0. The summed E-state index contributed by atoms with van der Waals surface area (Å²) in [6.45, 7) is 2.81. The van der Waals surface area contributed by atoms with Gasteiger partial charge in [-0.05, 0) is 18.4 Å². The number of nitrogens with one attached hydrogen (secondary N) is 1. The molecule has 0 amide bonds. The van der Waals surface area contributed by atoms with Gasteiger partial charge in [-0.1, -0.05) is 11.2 Å². The summed E-state index contributed by atoms with van der Waals surface area (Å²) in [5.74, 6) is 0.260. The number of thiophene rings is 1. The van der Waals surface area contributed by atoms with Crippen LogP contribution in [0.15, 0.2) is 22.7 Å². The Morgan fingerprint density at radius 2 is 2.57 bits per heavy atom. The largest absolute Gasteiger partial charge is 0.409 e. The second-order valence-electron chi connectivity index (χ2n) is 3.03. The van der Waals surface area contributed by atoms with Crippen molar-refractivity contribution in [3.05, 3.63) is 22.4 Å². The Balaban J connectivity index is 2.26. The Kier molecular flexibility index (Phi) is 4.42. The Bertz CT molecular complexity index is 284. The van der Waals surface area contributed by atoms with E-state index in [4.69, 9.17) is 10.9 Å². The zero-order valence-electron chi connectivity index (χ0n) is 8.10. The summed E-state index contributed by atoms with van der Waals surface area (Å²) in [6.07, 6.45) is 0.562. The minimum absolute atomic E-state index is 0.260. The number of nitrogens with zero attached hydrogens (tertiary/aromatic N) is 1. The summed E-state index contributed by atoms with van der Waals surface area (Å²) in [5, 5.41) is 16.6. The van der Waals surface area contributed by atoms with E-state index in [9.17, 15) is 0 Å².